The molecular formula is C19H22N6O7S. The van der Waals surface area contributed by atoms with E-state index < -0.39 is 16.9 Å². The van der Waals surface area contributed by atoms with E-state index in [-0.39, 0.29) is 47.7 Å². The molecule has 176 valence electrons. The molecule has 0 saturated carbocycles. The number of carbonyl (C=O) groups excluding carboxylic acids is 3. The van der Waals surface area contributed by atoms with Gasteiger partial charge in [-0.1, -0.05) is 0 Å². The van der Waals surface area contributed by atoms with Gasteiger partial charge in [0.25, 0.3) is 0 Å². The van der Waals surface area contributed by atoms with E-state index in [1.54, 1.807) is 23.1 Å². The molecule has 33 heavy (non-hydrogen) atoms. The van der Waals surface area contributed by atoms with Crippen molar-refractivity contribution in [3.05, 3.63) is 34.5 Å². The molecule has 0 bridgehead atoms. The number of hydrogen-bond donors (Lipinski definition) is 1. The topological polar surface area (TPSA) is 166 Å². The molecule has 13 nitrogen and oxygen atoms in total. The molecule has 0 saturated heterocycles. The minimum Gasteiger partial charge on any atom is -0.469 e. The summed E-state index contributed by atoms with van der Waals surface area (Å²) in [5.41, 5.74) is 1.21. The highest BCUT2D eigenvalue weighted by Gasteiger charge is 2.15. The van der Waals surface area contributed by atoms with Crippen LogP contribution in [0.3, 0.4) is 0 Å². The lowest BCUT2D eigenvalue weighted by Crippen LogP contribution is -2.29. The van der Waals surface area contributed by atoms with E-state index in [1.807, 2.05) is 0 Å². The van der Waals surface area contributed by atoms with Gasteiger partial charge in [0.2, 0.25) is 11.0 Å². The van der Waals surface area contributed by atoms with Crippen molar-refractivity contribution in [1.82, 2.24) is 4.98 Å². The second-order valence-corrected chi connectivity index (χ2v) is 7.45. The summed E-state index contributed by atoms with van der Waals surface area (Å²) in [4.78, 5) is 50.7. The Labute approximate surface area is 192 Å². The van der Waals surface area contributed by atoms with Gasteiger partial charge in [0, 0.05) is 25.7 Å². The number of nitrogens with zero attached hydrogens (tertiary/aromatic N) is 5. The van der Waals surface area contributed by atoms with Gasteiger partial charge < -0.3 is 19.7 Å². The Morgan fingerprint density at radius 3 is 2.30 bits per heavy atom. The fourth-order valence-corrected chi connectivity index (χ4v) is 3.16. The first kappa shape index (κ1) is 25.3. The van der Waals surface area contributed by atoms with Gasteiger partial charge in [-0.3, -0.25) is 24.5 Å². The number of azo groups is 1. The molecule has 0 unspecified atom stereocenters. The highest BCUT2D eigenvalue weighted by molar-refractivity contribution is 7.18. The van der Waals surface area contributed by atoms with Crippen LogP contribution in [-0.4, -0.2) is 55.1 Å². The number of thiazole rings is 1. The molecule has 2 aromatic rings. The van der Waals surface area contributed by atoms with Gasteiger partial charge in [0.1, 0.15) is 11.9 Å². The fourth-order valence-electron chi connectivity index (χ4n) is 2.61. The predicted molar refractivity (Wildman–Crippen MR) is 119 cm³/mol. The zero-order chi connectivity index (χ0) is 24.4. The largest absolute Gasteiger partial charge is 0.469 e. The lowest BCUT2D eigenvalue weighted by molar-refractivity contribution is -0.380. The van der Waals surface area contributed by atoms with Crippen molar-refractivity contribution in [1.29, 1.82) is 0 Å². The predicted octanol–water partition coefficient (Wildman–Crippen LogP) is 3.36. The van der Waals surface area contributed by atoms with E-state index in [2.05, 4.69) is 30.0 Å². The Morgan fingerprint density at radius 1 is 1.15 bits per heavy atom. The second kappa shape index (κ2) is 12.2. The number of amides is 1. The van der Waals surface area contributed by atoms with E-state index in [4.69, 9.17) is 0 Å². The number of methoxy groups -OCH3 is 2. The maximum atomic E-state index is 11.7. The number of nitro groups is 1. The van der Waals surface area contributed by atoms with E-state index in [0.29, 0.717) is 11.4 Å². The van der Waals surface area contributed by atoms with Crippen LogP contribution in [0, 0.1) is 10.1 Å². The highest BCUT2D eigenvalue weighted by atomic mass is 32.1. The number of hydrogen-bond acceptors (Lipinski definition) is 12. The summed E-state index contributed by atoms with van der Waals surface area (Å²) in [5.74, 6) is -1.18. The van der Waals surface area contributed by atoms with Gasteiger partial charge in [0.05, 0.1) is 37.7 Å². The van der Waals surface area contributed by atoms with Crippen LogP contribution in [0.15, 0.2) is 34.6 Å². The average Bonchev–Trinajstić information content (AvgIpc) is 3.27. The molecule has 0 aliphatic carbocycles. The molecule has 0 aliphatic heterocycles. The molecule has 1 heterocycles. The summed E-state index contributed by atoms with van der Waals surface area (Å²) >= 11 is 0.757. The lowest BCUT2D eigenvalue weighted by atomic mass is 10.2. The smallest absolute Gasteiger partial charge is 0.345 e. The van der Waals surface area contributed by atoms with Gasteiger partial charge in [0.15, 0.2) is 0 Å². The Kier molecular flexibility index (Phi) is 9.35. The van der Waals surface area contributed by atoms with Gasteiger partial charge in [-0.05, 0) is 29.5 Å². The second-order valence-electron chi connectivity index (χ2n) is 6.46. The van der Waals surface area contributed by atoms with Crippen LogP contribution in [0.2, 0.25) is 0 Å². The zero-order valence-electron chi connectivity index (χ0n) is 18.1. The quantitative estimate of drug-likeness (QED) is 0.220. The maximum absolute atomic E-state index is 11.7. The van der Waals surface area contributed by atoms with Gasteiger partial charge in [-0.25, -0.2) is 4.98 Å². The van der Waals surface area contributed by atoms with Crippen LogP contribution in [0.25, 0.3) is 0 Å². The SMILES string of the molecule is COC(=O)CCN(CCC(=O)OC)c1ccc(N=Nc2ncc([N+](=O)[O-])s2)c(NC(C)=O)c1. The number of aromatic nitrogens is 1. The normalized spacial score (nSPS) is 10.6. The summed E-state index contributed by atoms with van der Waals surface area (Å²) in [6.45, 7) is 1.84. The fraction of sp³-hybridized carbons (Fsp3) is 0.368. The molecule has 14 heteroatoms. The van der Waals surface area contributed by atoms with Gasteiger partial charge in [-0.2, -0.15) is 0 Å². The van der Waals surface area contributed by atoms with Crippen molar-refractivity contribution in [2.24, 2.45) is 10.2 Å². The van der Waals surface area contributed by atoms with E-state index in [0.717, 1.165) is 17.5 Å². The van der Waals surface area contributed by atoms with E-state index in [1.165, 1.54) is 21.1 Å². The molecule has 0 radical (unpaired) electrons. The van der Waals surface area contributed by atoms with Crippen molar-refractivity contribution in [3.63, 3.8) is 0 Å². The minimum atomic E-state index is -0.578. The summed E-state index contributed by atoms with van der Waals surface area (Å²) in [6, 6.07) is 4.88. The molecule has 2 rings (SSSR count). The lowest BCUT2D eigenvalue weighted by Gasteiger charge is -2.25. The number of nitrogens with one attached hydrogen (secondary N) is 1. The Morgan fingerprint density at radius 2 is 1.79 bits per heavy atom. The van der Waals surface area contributed by atoms with E-state index in [9.17, 15) is 24.5 Å². The number of rotatable bonds is 11. The number of benzene rings is 1. The molecule has 1 amide bonds. The summed E-state index contributed by atoms with van der Waals surface area (Å²) in [7, 11) is 2.57. The molecule has 0 fully saturated rings. The molecule has 0 aliphatic rings. The molecule has 0 atom stereocenters. The standard InChI is InChI=1S/C19H22N6O7S/c1-12(26)21-15-10-13(24(8-6-17(27)31-2)9-7-18(28)32-3)4-5-14(15)22-23-19-20-11-16(33-19)25(29)30/h4-5,10-11H,6-9H2,1-3H3,(H,21,26). The van der Waals surface area contributed by atoms with Crippen molar-refractivity contribution in [2.45, 2.75) is 19.8 Å². The Bertz CT molecular complexity index is 1040. The summed E-state index contributed by atoms with van der Waals surface area (Å²) < 4.78 is 9.36. The van der Waals surface area contributed by atoms with Crippen LogP contribution in [-0.2, 0) is 23.9 Å². The van der Waals surface area contributed by atoms with Gasteiger partial charge in [-0.15, -0.1) is 10.2 Å². The molecular weight excluding hydrogens is 456 g/mol. The van der Waals surface area contributed by atoms with Crippen molar-refractivity contribution < 1.29 is 28.8 Å². The van der Waals surface area contributed by atoms with Gasteiger partial charge >= 0.3 is 16.9 Å². The first-order chi connectivity index (χ1) is 15.7. The summed E-state index contributed by atoms with van der Waals surface area (Å²) in [6.07, 6.45) is 1.24. The first-order valence-corrected chi connectivity index (χ1v) is 10.4. The number of ether oxygens (including phenoxy) is 2. The van der Waals surface area contributed by atoms with Crippen molar-refractivity contribution in [2.75, 3.05) is 37.5 Å². The summed E-state index contributed by atoms with van der Waals surface area (Å²) in [5, 5.41) is 21.3. The third-order valence-corrected chi connectivity index (χ3v) is 5.02. The highest BCUT2D eigenvalue weighted by Crippen LogP contribution is 2.33. The Hall–Kier alpha value is -3.94. The molecule has 1 N–H and O–H groups in total. The average molecular weight is 478 g/mol. The monoisotopic (exact) mass is 478 g/mol. The Balaban J connectivity index is 2.32. The number of carbonyl (C=O) groups is 3. The maximum Gasteiger partial charge on any atom is 0.345 e. The zero-order valence-corrected chi connectivity index (χ0v) is 19.0. The van der Waals surface area contributed by atoms with E-state index >= 15 is 0 Å². The van der Waals surface area contributed by atoms with Crippen LogP contribution in [0.4, 0.5) is 27.2 Å². The van der Waals surface area contributed by atoms with Crippen LogP contribution >= 0.6 is 11.3 Å². The number of anilines is 2. The first-order valence-electron chi connectivity index (χ1n) is 9.55. The minimum absolute atomic E-state index is 0.0808. The molecule has 1 aromatic heterocycles. The third-order valence-electron chi connectivity index (χ3n) is 4.19. The van der Waals surface area contributed by atoms with Crippen LogP contribution in [0.1, 0.15) is 19.8 Å². The number of esters is 2. The van der Waals surface area contributed by atoms with Crippen LogP contribution < -0.4 is 10.2 Å². The molecule has 1 aromatic carbocycles. The third kappa shape index (κ3) is 7.92. The van der Waals surface area contributed by atoms with Crippen molar-refractivity contribution >= 4 is 56.4 Å². The van der Waals surface area contributed by atoms with Crippen molar-refractivity contribution in [3.8, 4) is 0 Å². The molecule has 0 spiro atoms. The van der Waals surface area contributed by atoms with Crippen LogP contribution in [0.5, 0.6) is 0 Å².